The van der Waals surface area contributed by atoms with E-state index in [1.807, 2.05) is 6.92 Å². The van der Waals surface area contributed by atoms with Crippen molar-refractivity contribution in [1.29, 1.82) is 0 Å². The number of piperidine rings is 1. The molecule has 0 saturated carbocycles. The van der Waals surface area contributed by atoms with Crippen LogP contribution in [0.1, 0.15) is 42.6 Å². The van der Waals surface area contributed by atoms with Gasteiger partial charge in [-0.3, -0.25) is 13.9 Å². The maximum absolute atomic E-state index is 12.8. The summed E-state index contributed by atoms with van der Waals surface area (Å²) in [5.74, 6) is -0.402. The second-order valence-electron chi connectivity index (χ2n) is 7.27. The van der Waals surface area contributed by atoms with Crippen LogP contribution in [0.3, 0.4) is 0 Å². The molecule has 0 aromatic heterocycles. The molecule has 1 atom stereocenters. The first-order valence-corrected chi connectivity index (χ1v) is 11.2. The highest BCUT2D eigenvalue weighted by atomic mass is 32.2. The van der Waals surface area contributed by atoms with Crippen LogP contribution in [0.25, 0.3) is 0 Å². The van der Waals surface area contributed by atoms with Crippen molar-refractivity contribution < 1.29 is 22.7 Å². The number of anilines is 1. The summed E-state index contributed by atoms with van der Waals surface area (Å²) in [6, 6.07) is 5.06. The van der Waals surface area contributed by atoms with E-state index >= 15 is 0 Å². The third-order valence-corrected chi connectivity index (χ3v) is 6.51. The Labute approximate surface area is 160 Å². The Hall–Kier alpha value is -2.09. The second-order valence-corrected chi connectivity index (χ2v) is 9.13. The first kappa shape index (κ1) is 19.7. The molecule has 1 aromatic carbocycles. The number of likely N-dealkylation sites (tertiary alicyclic amines) is 1. The van der Waals surface area contributed by atoms with Crippen LogP contribution in [0.15, 0.2) is 18.2 Å². The smallest absolute Gasteiger partial charge is 0.309 e. The molecule has 27 heavy (non-hydrogen) atoms. The summed E-state index contributed by atoms with van der Waals surface area (Å²) in [7, 11) is -3.34. The van der Waals surface area contributed by atoms with Gasteiger partial charge in [-0.15, -0.1) is 0 Å². The van der Waals surface area contributed by atoms with Crippen molar-refractivity contribution in [2.45, 2.75) is 39.2 Å². The van der Waals surface area contributed by atoms with E-state index in [4.69, 9.17) is 4.74 Å². The number of carbonyl (C=O) groups excluding carboxylic acids is 2. The van der Waals surface area contributed by atoms with Crippen molar-refractivity contribution in [2.75, 3.05) is 30.3 Å². The zero-order valence-corrected chi connectivity index (χ0v) is 16.8. The lowest BCUT2D eigenvalue weighted by atomic mass is 9.96. The molecule has 0 bridgehead atoms. The molecule has 148 valence electrons. The van der Waals surface area contributed by atoms with Crippen molar-refractivity contribution in [3.63, 3.8) is 0 Å². The van der Waals surface area contributed by atoms with Crippen LogP contribution < -0.4 is 4.31 Å². The van der Waals surface area contributed by atoms with Crippen LogP contribution in [0.5, 0.6) is 0 Å². The van der Waals surface area contributed by atoms with Crippen LogP contribution >= 0.6 is 0 Å². The number of sulfonamides is 1. The van der Waals surface area contributed by atoms with E-state index in [-0.39, 0.29) is 23.8 Å². The standard InChI is InChI=1S/C19H26N2O5S/c1-4-26-19(23)14-7-9-20(10-8-14)18(22)15-5-6-17-16(12-15)11-13(2)21(17)27(3,24)25/h5-6,12-14H,4,7-11H2,1-3H3. The average Bonchev–Trinajstić information content (AvgIpc) is 2.96. The monoisotopic (exact) mass is 394 g/mol. The number of benzene rings is 1. The number of rotatable bonds is 4. The SMILES string of the molecule is CCOC(=O)C1CCN(C(=O)c2ccc3c(c2)CC(C)N3S(C)(=O)=O)CC1. The quantitative estimate of drug-likeness (QED) is 0.728. The highest BCUT2D eigenvalue weighted by Crippen LogP contribution is 2.35. The van der Waals surface area contributed by atoms with Crippen molar-refractivity contribution in [3.05, 3.63) is 29.3 Å². The van der Waals surface area contributed by atoms with E-state index in [2.05, 4.69) is 0 Å². The Bertz CT molecular complexity index is 844. The fourth-order valence-electron chi connectivity index (χ4n) is 4.00. The molecule has 1 saturated heterocycles. The molecule has 8 heteroatoms. The number of hydrogen-bond acceptors (Lipinski definition) is 5. The number of amides is 1. The predicted octanol–water partition coefficient (Wildman–Crippen LogP) is 1.81. The van der Waals surface area contributed by atoms with Crippen LogP contribution in [0.2, 0.25) is 0 Å². The maximum atomic E-state index is 12.8. The summed E-state index contributed by atoms with van der Waals surface area (Å²) in [6.45, 7) is 5.06. The number of hydrogen-bond donors (Lipinski definition) is 0. The fraction of sp³-hybridized carbons (Fsp3) is 0.579. The molecule has 3 rings (SSSR count). The minimum absolute atomic E-state index is 0.0782. The van der Waals surface area contributed by atoms with Gasteiger partial charge in [-0.05, 0) is 56.9 Å². The van der Waals surface area contributed by atoms with Crippen molar-refractivity contribution >= 4 is 27.6 Å². The van der Waals surface area contributed by atoms with Gasteiger partial charge in [-0.2, -0.15) is 0 Å². The molecule has 2 aliphatic rings. The summed E-state index contributed by atoms with van der Waals surface area (Å²) >= 11 is 0. The van der Waals surface area contributed by atoms with E-state index in [1.165, 1.54) is 10.6 Å². The topological polar surface area (TPSA) is 84.0 Å². The minimum Gasteiger partial charge on any atom is -0.466 e. The Balaban J connectivity index is 1.71. The molecule has 0 spiro atoms. The molecule has 0 radical (unpaired) electrons. The van der Waals surface area contributed by atoms with Crippen LogP contribution in [-0.2, 0) is 26.0 Å². The van der Waals surface area contributed by atoms with E-state index in [9.17, 15) is 18.0 Å². The number of carbonyl (C=O) groups is 2. The fourth-order valence-corrected chi connectivity index (χ4v) is 5.27. The van der Waals surface area contributed by atoms with Gasteiger partial charge >= 0.3 is 5.97 Å². The average molecular weight is 394 g/mol. The highest BCUT2D eigenvalue weighted by molar-refractivity contribution is 7.92. The van der Waals surface area contributed by atoms with Gasteiger partial charge in [0.25, 0.3) is 5.91 Å². The first-order chi connectivity index (χ1) is 12.7. The lowest BCUT2D eigenvalue weighted by Crippen LogP contribution is -2.40. The molecule has 1 amide bonds. The zero-order chi connectivity index (χ0) is 19.8. The summed E-state index contributed by atoms with van der Waals surface area (Å²) in [4.78, 5) is 26.4. The molecule has 0 N–H and O–H groups in total. The summed E-state index contributed by atoms with van der Waals surface area (Å²) in [6.07, 6.45) is 3.00. The summed E-state index contributed by atoms with van der Waals surface area (Å²) in [5, 5.41) is 0. The van der Waals surface area contributed by atoms with E-state index in [1.54, 1.807) is 30.0 Å². The molecular weight excluding hydrogens is 368 g/mol. The van der Waals surface area contributed by atoms with Crippen molar-refractivity contribution in [2.24, 2.45) is 5.92 Å². The van der Waals surface area contributed by atoms with Crippen LogP contribution in [-0.4, -0.2) is 57.2 Å². The van der Waals surface area contributed by atoms with Gasteiger partial charge < -0.3 is 9.64 Å². The zero-order valence-electron chi connectivity index (χ0n) is 16.0. The summed E-state index contributed by atoms with van der Waals surface area (Å²) < 4.78 is 30.5. The van der Waals surface area contributed by atoms with Gasteiger partial charge in [0.1, 0.15) is 0 Å². The maximum Gasteiger partial charge on any atom is 0.309 e. The van der Waals surface area contributed by atoms with Gasteiger partial charge in [0.2, 0.25) is 10.0 Å². The number of esters is 1. The molecule has 1 unspecified atom stereocenters. The summed E-state index contributed by atoms with van der Waals surface area (Å²) in [5.41, 5.74) is 2.09. The molecule has 1 fully saturated rings. The Morgan fingerprint density at radius 3 is 2.48 bits per heavy atom. The number of fused-ring (bicyclic) bond motifs is 1. The van der Waals surface area contributed by atoms with E-state index < -0.39 is 10.0 Å². The molecule has 2 heterocycles. The minimum atomic E-state index is -3.34. The molecule has 1 aromatic rings. The largest absolute Gasteiger partial charge is 0.466 e. The van der Waals surface area contributed by atoms with Gasteiger partial charge in [0, 0.05) is 24.7 Å². The Morgan fingerprint density at radius 1 is 1.22 bits per heavy atom. The normalized spacial score (nSPS) is 20.5. The van der Waals surface area contributed by atoms with E-state index in [0.29, 0.717) is 50.2 Å². The second kappa shape index (κ2) is 7.50. The van der Waals surface area contributed by atoms with Crippen LogP contribution in [0, 0.1) is 5.92 Å². The number of ether oxygens (including phenoxy) is 1. The van der Waals surface area contributed by atoms with Gasteiger partial charge in [-0.1, -0.05) is 0 Å². The lowest BCUT2D eigenvalue weighted by molar-refractivity contribution is -0.149. The van der Waals surface area contributed by atoms with Crippen molar-refractivity contribution in [3.8, 4) is 0 Å². The van der Waals surface area contributed by atoms with Crippen molar-refractivity contribution in [1.82, 2.24) is 4.90 Å². The highest BCUT2D eigenvalue weighted by Gasteiger charge is 2.34. The van der Waals surface area contributed by atoms with Gasteiger partial charge in [0.05, 0.1) is 24.5 Å². The van der Waals surface area contributed by atoms with E-state index in [0.717, 1.165) is 5.56 Å². The van der Waals surface area contributed by atoms with Gasteiger partial charge in [-0.25, -0.2) is 8.42 Å². The lowest BCUT2D eigenvalue weighted by Gasteiger charge is -2.31. The first-order valence-electron chi connectivity index (χ1n) is 9.30. The number of nitrogens with zero attached hydrogens (tertiary/aromatic N) is 2. The molecule has 7 nitrogen and oxygen atoms in total. The Morgan fingerprint density at radius 2 is 1.89 bits per heavy atom. The molecular formula is C19H26N2O5S. The third kappa shape index (κ3) is 3.95. The predicted molar refractivity (Wildman–Crippen MR) is 102 cm³/mol. The molecule has 0 aliphatic carbocycles. The Kier molecular flexibility index (Phi) is 5.46. The molecule has 2 aliphatic heterocycles. The third-order valence-electron chi connectivity index (χ3n) is 5.24. The van der Waals surface area contributed by atoms with Crippen LogP contribution in [0.4, 0.5) is 5.69 Å². The van der Waals surface area contributed by atoms with Gasteiger partial charge in [0.15, 0.2) is 0 Å².